The topological polar surface area (TPSA) is 237 Å². The molecule has 0 aromatic carbocycles. The Morgan fingerprint density at radius 3 is 2.64 bits per heavy atom. The predicted octanol–water partition coefficient (Wildman–Crippen LogP) is -1.19. The molecule has 1 aromatic rings. The number of ether oxygens (including phenoxy) is 2. The molecule has 3 unspecified atom stereocenters. The fraction of sp³-hybridized carbons (Fsp3) is 0.467. The number of nitrogen functional groups attached to an aromatic ring is 1. The second-order valence-electron chi connectivity index (χ2n) is 5.96. The first-order chi connectivity index (χ1) is 15.0. The van der Waals surface area contributed by atoms with E-state index in [1.54, 1.807) is 0 Å². The maximum Gasteiger partial charge on any atom is 0.508 e. The number of rotatable bonds is 10. The Labute approximate surface area is 191 Å². The standard InChI is InChI=1S/C14H17N5O11S2.CH4/c1-28-14(24)29-4-8-10(11(21)19(8)32(25,26)27)18-9(20)2-16-30-3-6(12(22)23)7-5-31-13(15)17-7;/h2,5-6,8,10H,3-4H2,1H3,(H2,15,17)(H,18,20)(H,22,23)(H,25,26,27);1H4. The quantitative estimate of drug-likeness (QED) is 0.0951. The summed E-state index contributed by atoms with van der Waals surface area (Å²) < 4.78 is 40.5. The molecule has 1 aliphatic heterocycles. The normalized spacial score (nSPS) is 18.6. The van der Waals surface area contributed by atoms with E-state index in [2.05, 4.69) is 24.9 Å². The molecule has 16 nitrogen and oxygen atoms in total. The van der Waals surface area contributed by atoms with E-state index in [0.717, 1.165) is 18.4 Å². The molecule has 2 heterocycles. The SMILES string of the molecule is C.COC(=O)OCC1C(NC(=O)C=NOCC(C(=O)O)c2csc(N)n2)C(=O)N1S(=O)(=O)O. The van der Waals surface area contributed by atoms with Gasteiger partial charge >= 0.3 is 22.4 Å². The first kappa shape index (κ1) is 27.5. The summed E-state index contributed by atoms with van der Waals surface area (Å²) in [5.74, 6) is -4.69. The largest absolute Gasteiger partial charge is 0.508 e. The molecule has 0 radical (unpaired) electrons. The minimum Gasteiger partial charge on any atom is -0.481 e. The van der Waals surface area contributed by atoms with Gasteiger partial charge in [-0.1, -0.05) is 12.6 Å². The van der Waals surface area contributed by atoms with E-state index in [-0.39, 0.29) is 22.6 Å². The van der Waals surface area contributed by atoms with Crippen LogP contribution in [0.25, 0.3) is 0 Å². The Balaban J connectivity index is 0.00000544. The number of β-lactam (4-membered cyclic amide) rings is 1. The number of methoxy groups -OCH3 is 1. The van der Waals surface area contributed by atoms with Crippen LogP contribution in [0.5, 0.6) is 0 Å². The summed E-state index contributed by atoms with van der Waals surface area (Å²) in [6, 6.07) is -2.92. The highest BCUT2D eigenvalue weighted by Gasteiger charge is 2.54. The van der Waals surface area contributed by atoms with Gasteiger partial charge in [-0.25, -0.2) is 14.1 Å². The van der Waals surface area contributed by atoms with Crippen molar-refractivity contribution in [3.8, 4) is 0 Å². The highest BCUT2D eigenvalue weighted by atomic mass is 32.2. The number of nitrogens with zero attached hydrogens (tertiary/aromatic N) is 3. The van der Waals surface area contributed by atoms with Gasteiger partial charge in [0.2, 0.25) is 0 Å². The summed E-state index contributed by atoms with van der Waals surface area (Å²) in [4.78, 5) is 54.9. The Hall–Kier alpha value is -3.51. The predicted molar refractivity (Wildman–Crippen MR) is 111 cm³/mol. The third kappa shape index (κ3) is 6.99. The molecule has 33 heavy (non-hydrogen) atoms. The van der Waals surface area contributed by atoms with Crippen molar-refractivity contribution in [2.45, 2.75) is 25.4 Å². The number of carboxylic acids is 1. The lowest BCUT2D eigenvalue weighted by molar-refractivity contribution is -0.147. The summed E-state index contributed by atoms with van der Waals surface area (Å²) in [6.45, 7) is -1.20. The molecule has 184 valence electrons. The number of nitrogens with one attached hydrogen (secondary N) is 1. The zero-order valence-corrected chi connectivity index (χ0v) is 17.7. The van der Waals surface area contributed by atoms with Gasteiger partial charge in [-0.15, -0.1) is 11.3 Å². The van der Waals surface area contributed by atoms with Crippen LogP contribution in [0, 0.1) is 0 Å². The van der Waals surface area contributed by atoms with Crippen LogP contribution >= 0.6 is 11.3 Å². The fourth-order valence-corrected chi connectivity index (χ4v) is 3.96. The van der Waals surface area contributed by atoms with Crippen molar-refractivity contribution in [3.05, 3.63) is 11.1 Å². The minimum absolute atomic E-state index is 0. The molecule has 1 saturated heterocycles. The molecule has 2 rings (SSSR count). The summed E-state index contributed by atoms with van der Waals surface area (Å²) in [7, 11) is -3.99. The van der Waals surface area contributed by atoms with Crippen LogP contribution in [0.1, 0.15) is 19.0 Å². The van der Waals surface area contributed by atoms with Crippen LogP contribution in [-0.2, 0) is 39.0 Å². The molecular formula is C15H21N5O11S2. The van der Waals surface area contributed by atoms with Gasteiger partial charge in [-0.3, -0.25) is 18.9 Å². The van der Waals surface area contributed by atoms with Crippen molar-refractivity contribution in [3.63, 3.8) is 0 Å². The summed E-state index contributed by atoms with van der Waals surface area (Å²) in [5, 5.41) is 16.2. The minimum atomic E-state index is -4.98. The molecule has 3 atom stereocenters. The number of carbonyl (C=O) groups is 4. The van der Waals surface area contributed by atoms with Gasteiger partial charge in [0.1, 0.15) is 37.4 Å². The zero-order chi connectivity index (χ0) is 24.1. The van der Waals surface area contributed by atoms with E-state index in [1.807, 2.05) is 0 Å². The van der Waals surface area contributed by atoms with E-state index < -0.39 is 65.5 Å². The molecule has 0 spiro atoms. The number of hydrogen-bond donors (Lipinski definition) is 4. The molecule has 0 saturated carbocycles. The van der Waals surface area contributed by atoms with Crippen LogP contribution in [0.15, 0.2) is 10.5 Å². The van der Waals surface area contributed by atoms with Crippen LogP contribution < -0.4 is 11.1 Å². The molecule has 18 heteroatoms. The summed E-state index contributed by atoms with van der Waals surface area (Å²) in [5.41, 5.74) is 5.59. The Kier molecular flexibility index (Phi) is 9.49. The van der Waals surface area contributed by atoms with Gasteiger partial charge in [0.05, 0.1) is 12.8 Å². The van der Waals surface area contributed by atoms with Crippen molar-refractivity contribution < 1.29 is 51.6 Å². The van der Waals surface area contributed by atoms with Crippen molar-refractivity contribution >= 4 is 56.9 Å². The lowest BCUT2D eigenvalue weighted by Crippen LogP contribution is -2.73. The molecule has 1 fully saturated rings. The average molecular weight is 511 g/mol. The number of aliphatic carboxylic acids is 1. The molecule has 0 aliphatic carbocycles. The highest BCUT2D eigenvalue weighted by Crippen LogP contribution is 2.24. The first-order valence-corrected chi connectivity index (χ1v) is 10.6. The number of hydrogen-bond acceptors (Lipinski definition) is 13. The summed E-state index contributed by atoms with van der Waals surface area (Å²) >= 11 is 1.03. The second-order valence-corrected chi connectivity index (χ2v) is 8.14. The maximum absolute atomic E-state index is 12.0. The maximum atomic E-state index is 12.0. The van der Waals surface area contributed by atoms with Crippen LogP contribution in [0.2, 0.25) is 0 Å². The van der Waals surface area contributed by atoms with Crippen molar-refractivity contribution in [1.29, 1.82) is 0 Å². The number of thiazole rings is 1. The lowest BCUT2D eigenvalue weighted by atomic mass is 10.00. The molecule has 1 aliphatic rings. The van der Waals surface area contributed by atoms with Crippen LogP contribution in [0.4, 0.5) is 9.93 Å². The molecule has 5 N–H and O–H groups in total. The monoisotopic (exact) mass is 511 g/mol. The third-order valence-corrected chi connectivity index (χ3v) is 5.57. The van der Waals surface area contributed by atoms with E-state index in [9.17, 15) is 32.7 Å². The van der Waals surface area contributed by atoms with Gasteiger partial charge in [-0.2, -0.15) is 8.42 Å². The van der Waals surface area contributed by atoms with E-state index in [1.165, 1.54) is 5.38 Å². The van der Waals surface area contributed by atoms with E-state index in [0.29, 0.717) is 6.21 Å². The smallest absolute Gasteiger partial charge is 0.481 e. The van der Waals surface area contributed by atoms with E-state index >= 15 is 0 Å². The molecule has 1 aromatic heterocycles. The zero-order valence-electron chi connectivity index (χ0n) is 16.1. The number of oxime groups is 1. The Morgan fingerprint density at radius 1 is 1.45 bits per heavy atom. The fourth-order valence-electron chi connectivity index (χ4n) is 2.47. The van der Waals surface area contributed by atoms with Crippen molar-refractivity contribution in [1.82, 2.24) is 14.6 Å². The lowest BCUT2D eigenvalue weighted by Gasteiger charge is -2.43. The highest BCUT2D eigenvalue weighted by molar-refractivity contribution is 7.84. The molecule has 2 amide bonds. The third-order valence-electron chi connectivity index (χ3n) is 3.93. The summed E-state index contributed by atoms with van der Waals surface area (Å²) in [6.07, 6.45) is -0.620. The van der Waals surface area contributed by atoms with Gasteiger partial charge in [-0.05, 0) is 0 Å². The molecular weight excluding hydrogens is 490 g/mol. The number of nitrogens with two attached hydrogens (primary N) is 1. The second kappa shape index (κ2) is 11.4. The van der Waals surface area contributed by atoms with Gasteiger partial charge in [0, 0.05) is 5.38 Å². The average Bonchev–Trinajstić information content (AvgIpc) is 3.12. The number of aromatic nitrogens is 1. The van der Waals surface area contributed by atoms with Gasteiger partial charge in [0.25, 0.3) is 11.8 Å². The van der Waals surface area contributed by atoms with E-state index in [4.69, 9.17) is 15.1 Å². The Morgan fingerprint density at radius 2 is 2.12 bits per heavy atom. The first-order valence-electron chi connectivity index (χ1n) is 8.36. The van der Waals surface area contributed by atoms with Crippen molar-refractivity contribution in [2.24, 2.45) is 5.16 Å². The number of carbonyl (C=O) groups excluding carboxylic acids is 3. The van der Waals surface area contributed by atoms with Crippen molar-refractivity contribution in [2.75, 3.05) is 26.1 Å². The van der Waals surface area contributed by atoms with Crippen LogP contribution in [-0.4, -0.2) is 89.9 Å². The van der Waals surface area contributed by atoms with Gasteiger partial charge in [0.15, 0.2) is 5.13 Å². The van der Waals surface area contributed by atoms with Crippen LogP contribution in [0.3, 0.4) is 0 Å². The molecule has 0 bridgehead atoms. The number of amides is 2. The van der Waals surface area contributed by atoms with Gasteiger partial charge < -0.3 is 30.5 Å². The number of anilines is 1. The number of carboxylic acid groups (broad SMARTS) is 1. The Bertz CT molecular complexity index is 1030.